The molecule has 2 nitrogen and oxygen atoms in total. The summed E-state index contributed by atoms with van der Waals surface area (Å²) in [7, 11) is 0. The fourth-order valence-corrected chi connectivity index (χ4v) is 1.18. The first-order valence-electron chi connectivity index (χ1n) is 5.14. The first-order valence-corrected chi connectivity index (χ1v) is 5.14. The monoisotopic (exact) mass is 432 g/mol. The molecule has 0 aromatic carbocycles. The van der Waals surface area contributed by atoms with Gasteiger partial charge in [-0.15, -0.1) is 13.2 Å². The molecule has 0 bridgehead atoms. The molecular weight excluding hydrogens is 432 g/mol. The summed E-state index contributed by atoms with van der Waals surface area (Å²) >= 11 is 0. The van der Waals surface area contributed by atoms with E-state index in [1.807, 2.05) is 0 Å². The van der Waals surface area contributed by atoms with E-state index < -0.39 is 48.1 Å². The van der Waals surface area contributed by atoms with Crippen LogP contribution in [-0.2, 0) is 9.53 Å². The minimum Gasteiger partial charge on any atom is -0.254 e. The molecule has 156 valence electrons. The van der Waals surface area contributed by atoms with Crippen molar-refractivity contribution in [2.24, 2.45) is 0 Å². The van der Waals surface area contributed by atoms with Crippen molar-refractivity contribution in [1.82, 2.24) is 0 Å². The van der Waals surface area contributed by atoms with Crippen molar-refractivity contribution in [3.05, 3.63) is 0 Å². The molecule has 26 heavy (non-hydrogen) atoms. The third kappa shape index (κ3) is 3.38. The van der Waals surface area contributed by atoms with Gasteiger partial charge in [-0.2, -0.15) is 57.1 Å². The average Bonchev–Trinajstić information content (AvgIpc) is 2.33. The Balaban J connectivity index is 6.68. The first kappa shape index (κ1) is 24.5. The van der Waals surface area contributed by atoms with Crippen molar-refractivity contribution in [2.45, 2.75) is 42.1 Å². The predicted octanol–water partition coefficient (Wildman–Crippen LogP) is 4.79. The van der Waals surface area contributed by atoms with Crippen molar-refractivity contribution in [2.75, 3.05) is 0 Å². The van der Waals surface area contributed by atoms with E-state index in [9.17, 15) is 75.0 Å². The van der Waals surface area contributed by atoms with E-state index >= 15 is 0 Å². The molecule has 0 heterocycles. The second-order valence-corrected chi connectivity index (χ2v) is 4.21. The number of carbonyl (C=O) groups excluding carboxylic acids is 1. The van der Waals surface area contributed by atoms with Gasteiger partial charge in [0.2, 0.25) is 0 Å². The summed E-state index contributed by atoms with van der Waals surface area (Å²) in [5, 5.41) is 0. The van der Waals surface area contributed by atoms with Gasteiger partial charge in [0.15, 0.2) is 0 Å². The summed E-state index contributed by atoms with van der Waals surface area (Å²) in [6.45, 7) is 0. The average molecular weight is 432 g/mol. The summed E-state index contributed by atoms with van der Waals surface area (Å²) in [6, 6.07) is -4.79. The van der Waals surface area contributed by atoms with Gasteiger partial charge in [-0.1, -0.05) is 0 Å². The third-order valence-corrected chi connectivity index (χ3v) is 2.45. The molecule has 0 aliphatic heterocycles. The molecule has 0 rings (SSSR count). The molecule has 0 N–H and O–H groups in total. The van der Waals surface area contributed by atoms with Crippen LogP contribution in [0.25, 0.3) is 0 Å². The first-order chi connectivity index (χ1) is 10.9. The highest BCUT2D eigenvalue weighted by molar-refractivity contribution is 5.78. The Morgan fingerprint density at radius 1 is 0.577 bits per heavy atom. The standard InChI is InChI=1S/C8F16O2/c9-1(25)2(10,11)3(12,13)4(14,15)5(16,17)6(18,7(19,20)21)26-8(22,23)24. The van der Waals surface area contributed by atoms with Gasteiger partial charge in [0.1, 0.15) is 0 Å². The Morgan fingerprint density at radius 3 is 1.15 bits per heavy atom. The Kier molecular flexibility index (Phi) is 5.67. The molecule has 0 aliphatic carbocycles. The van der Waals surface area contributed by atoms with Gasteiger partial charge in [0, 0.05) is 0 Å². The van der Waals surface area contributed by atoms with Crippen molar-refractivity contribution in [1.29, 1.82) is 0 Å². The smallest absolute Gasteiger partial charge is 0.254 e. The maximum Gasteiger partial charge on any atom is 0.525 e. The summed E-state index contributed by atoms with van der Waals surface area (Å²) < 4.78 is 200. The van der Waals surface area contributed by atoms with Crippen LogP contribution < -0.4 is 0 Å². The molecule has 0 spiro atoms. The second-order valence-electron chi connectivity index (χ2n) is 4.21. The number of hydrogen-bond donors (Lipinski definition) is 0. The van der Waals surface area contributed by atoms with Crippen LogP contribution >= 0.6 is 0 Å². The van der Waals surface area contributed by atoms with Gasteiger partial charge in [-0.25, -0.2) is 4.74 Å². The summed E-state index contributed by atoms with van der Waals surface area (Å²) in [6.07, 6.45) is -15.0. The van der Waals surface area contributed by atoms with Gasteiger partial charge in [-0.05, 0) is 0 Å². The molecule has 0 aromatic heterocycles. The van der Waals surface area contributed by atoms with E-state index in [0.717, 1.165) is 4.74 Å². The van der Waals surface area contributed by atoms with Crippen LogP contribution in [0.1, 0.15) is 0 Å². The van der Waals surface area contributed by atoms with Gasteiger partial charge in [0.05, 0.1) is 0 Å². The zero-order chi connectivity index (χ0) is 21.8. The van der Waals surface area contributed by atoms with E-state index in [2.05, 4.69) is 0 Å². The van der Waals surface area contributed by atoms with Crippen molar-refractivity contribution >= 4 is 6.04 Å². The highest BCUT2D eigenvalue weighted by atomic mass is 19.4. The zero-order valence-electron chi connectivity index (χ0n) is 10.9. The van der Waals surface area contributed by atoms with Crippen LogP contribution in [0.4, 0.5) is 70.2 Å². The van der Waals surface area contributed by atoms with E-state index in [-0.39, 0.29) is 0 Å². The molecule has 0 saturated heterocycles. The highest BCUT2D eigenvalue weighted by Crippen LogP contribution is 2.61. The van der Waals surface area contributed by atoms with Crippen LogP contribution in [0.3, 0.4) is 0 Å². The molecule has 0 radical (unpaired) electrons. The van der Waals surface area contributed by atoms with Crippen LogP contribution in [0.5, 0.6) is 0 Å². The van der Waals surface area contributed by atoms with Crippen LogP contribution in [0.2, 0.25) is 0 Å². The van der Waals surface area contributed by atoms with E-state index in [0.29, 0.717) is 0 Å². The lowest BCUT2D eigenvalue weighted by Gasteiger charge is -2.41. The molecule has 0 aromatic rings. The van der Waals surface area contributed by atoms with Crippen LogP contribution in [0, 0.1) is 0 Å². The maximum atomic E-state index is 13.1. The van der Waals surface area contributed by atoms with Crippen molar-refractivity contribution < 1.29 is 79.8 Å². The van der Waals surface area contributed by atoms with Gasteiger partial charge >= 0.3 is 48.1 Å². The molecule has 0 saturated carbocycles. The van der Waals surface area contributed by atoms with E-state index in [1.165, 1.54) is 0 Å². The van der Waals surface area contributed by atoms with E-state index in [1.54, 1.807) is 0 Å². The van der Waals surface area contributed by atoms with Crippen LogP contribution in [0.15, 0.2) is 0 Å². The quantitative estimate of drug-likeness (QED) is 0.446. The fraction of sp³-hybridized carbons (Fsp3) is 0.875. The minimum absolute atomic E-state index is 1.13. The molecule has 0 aliphatic rings. The zero-order valence-corrected chi connectivity index (χ0v) is 10.9. The Hall–Kier alpha value is -1.49. The molecule has 1 unspecified atom stereocenters. The Bertz CT molecular complexity index is 543. The van der Waals surface area contributed by atoms with Gasteiger partial charge in [0.25, 0.3) is 0 Å². The van der Waals surface area contributed by atoms with E-state index in [4.69, 9.17) is 0 Å². The molecule has 0 amide bonds. The SMILES string of the molecule is O=C(F)C(F)(F)C(F)(F)C(F)(F)C(F)(F)C(F)(OC(F)(F)F)C(F)(F)F. The lowest BCUT2D eigenvalue weighted by Crippen LogP contribution is -2.73. The largest absolute Gasteiger partial charge is 0.525 e. The fourth-order valence-electron chi connectivity index (χ4n) is 1.18. The Labute approximate surface area is 129 Å². The second kappa shape index (κ2) is 6.01. The summed E-state index contributed by atoms with van der Waals surface area (Å²) in [5.41, 5.74) is 0. The lowest BCUT2D eigenvalue weighted by atomic mass is 9.93. The minimum atomic E-state index is -8.45. The summed E-state index contributed by atoms with van der Waals surface area (Å²) in [5.74, 6) is -40.5. The van der Waals surface area contributed by atoms with Gasteiger partial charge < -0.3 is 0 Å². The molecule has 0 fully saturated rings. The van der Waals surface area contributed by atoms with Gasteiger partial charge in [-0.3, -0.25) is 4.79 Å². The lowest BCUT2D eigenvalue weighted by molar-refractivity contribution is -0.515. The topological polar surface area (TPSA) is 26.3 Å². The third-order valence-electron chi connectivity index (χ3n) is 2.45. The Morgan fingerprint density at radius 2 is 0.923 bits per heavy atom. The number of hydrogen-bond acceptors (Lipinski definition) is 2. The normalized spacial score (nSPS) is 17.8. The highest BCUT2D eigenvalue weighted by Gasteiger charge is 2.92. The molecular formula is C8F16O2. The van der Waals surface area contributed by atoms with Crippen molar-refractivity contribution in [3.8, 4) is 0 Å². The number of halogens is 16. The molecule has 18 heteroatoms. The van der Waals surface area contributed by atoms with Crippen molar-refractivity contribution in [3.63, 3.8) is 0 Å². The maximum absolute atomic E-state index is 13.1. The molecule has 1 atom stereocenters. The number of carbonyl (C=O) groups is 1. The predicted molar refractivity (Wildman–Crippen MR) is 42.9 cm³/mol. The summed E-state index contributed by atoms with van der Waals surface area (Å²) in [4.78, 5) is 9.56. The number of ether oxygens (including phenoxy) is 1. The number of alkyl halides is 15. The number of rotatable bonds is 6. The van der Waals surface area contributed by atoms with Crippen LogP contribution in [-0.4, -0.2) is 48.1 Å².